The van der Waals surface area contributed by atoms with Crippen molar-refractivity contribution in [3.63, 3.8) is 0 Å². The van der Waals surface area contributed by atoms with Gasteiger partial charge in [-0.25, -0.2) is 0 Å². The van der Waals surface area contributed by atoms with Crippen LogP contribution in [0.15, 0.2) is 41.8 Å². The molecule has 0 spiro atoms. The molecule has 3 nitrogen and oxygen atoms in total. The number of nitrogens with zero attached hydrogens (tertiary/aromatic N) is 3. The zero-order valence-corrected chi connectivity index (χ0v) is 14.1. The fraction of sp³-hybridized carbons (Fsp3) is 0.462. The van der Waals surface area contributed by atoms with Crippen molar-refractivity contribution < 1.29 is 0 Å². The lowest BCUT2D eigenvalue weighted by atomic mass is 10.5. The van der Waals surface area contributed by atoms with Gasteiger partial charge in [0.25, 0.3) is 0 Å². The van der Waals surface area contributed by atoms with E-state index in [0.29, 0.717) is 0 Å². The molecule has 0 N–H and O–H groups in total. The summed E-state index contributed by atoms with van der Waals surface area (Å²) in [6, 6.07) is 0. The molecule has 5 heteroatoms. The van der Waals surface area contributed by atoms with Crippen LogP contribution in [0, 0.1) is 0 Å². The molecule has 1 aliphatic rings. The number of aliphatic imine (C=N–C) groups is 1. The van der Waals surface area contributed by atoms with Crippen LogP contribution in [-0.2, 0) is 0 Å². The quantitative estimate of drug-likeness (QED) is 0.696. The van der Waals surface area contributed by atoms with Gasteiger partial charge in [0.15, 0.2) is 0 Å². The molecule has 0 aromatic carbocycles. The van der Waals surface area contributed by atoms with Crippen molar-refractivity contribution in [2.24, 2.45) is 4.99 Å². The summed E-state index contributed by atoms with van der Waals surface area (Å²) in [5.74, 6) is 0. The second-order valence-corrected chi connectivity index (χ2v) is 14.6. The Morgan fingerprint density at radius 3 is 2.17 bits per heavy atom. The summed E-state index contributed by atoms with van der Waals surface area (Å²) in [6.07, 6.45) is 5.96. The third-order valence-corrected chi connectivity index (χ3v) is 12.0. The first-order valence-corrected chi connectivity index (χ1v) is 12.3. The van der Waals surface area contributed by atoms with Crippen molar-refractivity contribution in [1.82, 2.24) is 9.13 Å². The summed E-state index contributed by atoms with van der Waals surface area (Å²) in [7, 11) is -3.17. The molecule has 100 valence electrons. The van der Waals surface area contributed by atoms with Crippen LogP contribution >= 0.6 is 0 Å². The highest BCUT2D eigenvalue weighted by molar-refractivity contribution is 6.95. The molecule has 0 atom stereocenters. The lowest BCUT2D eigenvalue weighted by molar-refractivity contribution is 0.316. The van der Waals surface area contributed by atoms with Crippen LogP contribution in [0.25, 0.3) is 0 Å². The first-order chi connectivity index (χ1) is 8.33. The minimum absolute atomic E-state index is 0.746. The van der Waals surface area contributed by atoms with Crippen molar-refractivity contribution >= 4 is 22.7 Å². The highest BCUT2D eigenvalue weighted by atomic mass is 28.4. The molecule has 1 rings (SSSR count). The molecule has 0 aliphatic carbocycles. The maximum Gasteiger partial charge on any atom is 0.141 e. The molecule has 0 aromatic rings. The van der Waals surface area contributed by atoms with Gasteiger partial charge in [-0.3, -0.25) is 4.99 Å². The van der Waals surface area contributed by atoms with Crippen LogP contribution in [0.3, 0.4) is 0 Å². The zero-order valence-electron chi connectivity index (χ0n) is 12.1. The van der Waals surface area contributed by atoms with E-state index in [0.717, 1.165) is 13.3 Å². The smallest absolute Gasteiger partial charge is 0.141 e. The van der Waals surface area contributed by atoms with Crippen LogP contribution in [0.4, 0.5) is 0 Å². The normalized spacial score (nSPS) is 16.2. The van der Waals surface area contributed by atoms with E-state index in [-0.39, 0.29) is 0 Å². The third kappa shape index (κ3) is 3.54. The second-order valence-electron chi connectivity index (χ2n) is 5.69. The monoisotopic (exact) mass is 279 g/mol. The standard InChI is InChI=1S/C13H25N3Si2/c1-7-17(3,4)16(18(5,6)8-2)13-15-11-9-10-14-12-15/h7-11H,1-2,12-13H2,3-6H3. The average molecular weight is 280 g/mol. The van der Waals surface area contributed by atoms with Gasteiger partial charge in [-0.1, -0.05) is 37.6 Å². The predicted molar refractivity (Wildman–Crippen MR) is 86.4 cm³/mol. The van der Waals surface area contributed by atoms with Crippen LogP contribution in [0.2, 0.25) is 26.2 Å². The number of hydrogen-bond acceptors (Lipinski definition) is 3. The van der Waals surface area contributed by atoms with E-state index in [2.05, 4.69) is 71.1 Å². The highest BCUT2D eigenvalue weighted by Crippen LogP contribution is 2.22. The Labute approximate surface area is 113 Å². The molecule has 1 heterocycles. The van der Waals surface area contributed by atoms with Crippen LogP contribution in [0.1, 0.15) is 0 Å². The molecule has 0 saturated carbocycles. The van der Waals surface area contributed by atoms with Crippen LogP contribution < -0.4 is 0 Å². The van der Waals surface area contributed by atoms with Gasteiger partial charge < -0.3 is 9.13 Å². The molecular weight excluding hydrogens is 254 g/mol. The van der Waals surface area contributed by atoms with E-state index in [1.807, 2.05) is 12.3 Å². The topological polar surface area (TPSA) is 18.8 Å². The predicted octanol–water partition coefficient (Wildman–Crippen LogP) is 2.96. The van der Waals surface area contributed by atoms with E-state index in [1.54, 1.807) is 0 Å². The molecule has 0 fully saturated rings. The molecule has 0 saturated heterocycles. The SMILES string of the molecule is C=C[Si](C)(C)N(CN1C=CC=NC1)[Si](C)(C)C=C. The van der Waals surface area contributed by atoms with Gasteiger partial charge in [-0.2, -0.15) is 0 Å². The molecule has 0 aromatic heterocycles. The Morgan fingerprint density at radius 2 is 1.78 bits per heavy atom. The summed E-state index contributed by atoms with van der Waals surface area (Å²) in [4.78, 5) is 6.54. The van der Waals surface area contributed by atoms with Gasteiger partial charge in [-0.05, 0) is 6.08 Å². The van der Waals surface area contributed by atoms with E-state index < -0.39 is 16.5 Å². The van der Waals surface area contributed by atoms with E-state index in [9.17, 15) is 0 Å². The molecule has 0 bridgehead atoms. The second kappa shape index (κ2) is 5.82. The largest absolute Gasteiger partial charge is 0.347 e. The molecule has 1 aliphatic heterocycles. The fourth-order valence-corrected chi connectivity index (χ4v) is 10.0. The van der Waals surface area contributed by atoms with Crippen molar-refractivity contribution in [3.05, 3.63) is 36.8 Å². The van der Waals surface area contributed by atoms with Crippen molar-refractivity contribution in [2.75, 3.05) is 13.3 Å². The summed E-state index contributed by atoms with van der Waals surface area (Å²) in [6.45, 7) is 19.1. The summed E-state index contributed by atoms with van der Waals surface area (Å²) < 4.78 is 2.64. The molecule has 0 unspecified atom stereocenters. The Balaban J connectivity index is 2.91. The van der Waals surface area contributed by atoms with Crippen LogP contribution in [0.5, 0.6) is 0 Å². The van der Waals surface area contributed by atoms with E-state index in [4.69, 9.17) is 0 Å². The Morgan fingerprint density at radius 1 is 1.22 bits per heavy atom. The van der Waals surface area contributed by atoms with Gasteiger partial charge >= 0.3 is 0 Å². The third-order valence-electron chi connectivity index (χ3n) is 3.47. The number of hydrogen-bond donors (Lipinski definition) is 0. The Bertz CT molecular complexity index is 352. The van der Waals surface area contributed by atoms with Gasteiger partial charge in [-0.15, -0.1) is 13.2 Å². The number of rotatable bonds is 6. The van der Waals surface area contributed by atoms with Crippen molar-refractivity contribution in [2.45, 2.75) is 26.2 Å². The van der Waals surface area contributed by atoms with E-state index >= 15 is 0 Å². The summed E-state index contributed by atoms with van der Waals surface area (Å²) >= 11 is 0. The first kappa shape index (κ1) is 15.1. The first-order valence-electron chi connectivity index (χ1n) is 6.29. The lowest BCUT2D eigenvalue weighted by Crippen LogP contribution is -2.63. The summed E-state index contributed by atoms with van der Waals surface area (Å²) in [5.41, 5.74) is 4.31. The molecule has 0 radical (unpaired) electrons. The van der Waals surface area contributed by atoms with Gasteiger partial charge in [0, 0.05) is 12.4 Å². The number of allylic oxidation sites excluding steroid dienone is 1. The minimum atomic E-state index is -1.59. The van der Waals surface area contributed by atoms with Gasteiger partial charge in [0.2, 0.25) is 0 Å². The van der Waals surface area contributed by atoms with Gasteiger partial charge in [0.05, 0.1) is 6.67 Å². The lowest BCUT2D eigenvalue weighted by Gasteiger charge is -2.46. The highest BCUT2D eigenvalue weighted by Gasteiger charge is 2.37. The zero-order chi connectivity index (χ0) is 13.8. The van der Waals surface area contributed by atoms with Crippen molar-refractivity contribution in [1.29, 1.82) is 0 Å². The van der Waals surface area contributed by atoms with Crippen LogP contribution in [-0.4, -0.2) is 45.2 Å². The molecular formula is C13H25N3Si2. The maximum absolute atomic E-state index is 4.29. The van der Waals surface area contributed by atoms with Crippen molar-refractivity contribution in [3.8, 4) is 0 Å². The Kier molecular flexibility index (Phi) is 4.89. The Hall–Kier alpha value is -0.916. The molecule has 0 amide bonds. The molecule has 18 heavy (non-hydrogen) atoms. The summed E-state index contributed by atoms with van der Waals surface area (Å²) in [5, 5.41) is 0. The minimum Gasteiger partial charge on any atom is -0.347 e. The van der Waals surface area contributed by atoms with E-state index in [1.165, 1.54) is 0 Å². The average Bonchev–Trinajstić information content (AvgIpc) is 2.37. The van der Waals surface area contributed by atoms with Gasteiger partial charge in [0.1, 0.15) is 23.1 Å². The fourth-order valence-electron chi connectivity index (χ4n) is 2.02. The maximum atomic E-state index is 4.29.